The number of hydrogen-bond acceptors (Lipinski definition) is 1. The first kappa shape index (κ1) is 9.12. The van der Waals surface area contributed by atoms with E-state index in [1.165, 1.54) is 0 Å². The van der Waals surface area contributed by atoms with Crippen LogP contribution in [0.1, 0.15) is 12.5 Å². The molecule has 1 aromatic carbocycles. The van der Waals surface area contributed by atoms with Crippen LogP contribution in [0.4, 0.5) is 0 Å². The largest absolute Gasteiger partial charge is 0.381 e. The van der Waals surface area contributed by atoms with Gasteiger partial charge in [-0.3, -0.25) is 0 Å². The average Bonchev–Trinajstić information content (AvgIpc) is 2.03. The van der Waals surface area contributed by atoms with Crippen LogP contribution in [0, 0.1) is 11.8 Å². The smallest absolute Gasteiger partial charge is 0.112 e. The Labute approximate surface area is 77.0 Å². The Bertz CT molecular complexity index is 320. The number of aliphatic hydroxyl groups excluding tert-OH is 1. The van der Waals surface area contributed by atoms with Crippen molar-refractivity contribution in [2.45, 2.75) is 13.0 Å². The highest BCUT2D eigenvalue weighted by Gasteiger charge is 1.92. The van der Waals surface area contributed by atoms with Crippen molar-refractivity contribution in [3.8, 4) is 11.8 Å². The van der Waals surface area contributed by atoms with Crippen LogP contribution in [0.15, 0.2) is 24.3 Å². The van der Waals surface area contributed by atoms with Gasteiger partial charge in [0.2, 0.25) is 0 Å². The van der Waals surface area contributed by atoms with Gasteiger partial charge in [-0.15, -0.1) is 0 Å². The summed E-state index contributed by atoms with van der Waals surface area (Å²) < 4.78 is 0. The topological polar surface area (TPSA) is 20.2 Å². The van der Waals surface area contributed by atoms with Crippen molar-refractivity contribution in [1.29, 1.82) is 0 Å². The van der Waals surface area contributed by atoms with Gasteiger partial charge in [-0.25, -0.2) is 0 Å². The second-order valence-electron chi connectivity index (χ2n) is 2.43. The number of hydrogen-bond donors (Lipinski definition) is 1. The van der Waals surface area contributed by atoms with Gasteiger partial charge >= 0.3 is 0 Å². The van der Waals surface area contributed by atoms with Crippen molar-refractivity contribution >= 4 is 11.6 Å². The zero-order valence-corrected chi connectivity index (χ0v) is 7.47. The third-order valence-corrected chi connectivity index (χ3v) is 1.62. The molecular weight excluding hydrogens is 172 g/mol. The molecule has 0 amide bonds. The van der Waals surface area contributed by atoms with Crippen LogP contribution in [0.2, 0.25) is 5.02 Å². The predicted octanol–water partition coefficient (Wildman–Crippen LogP) is 2.07. The van der Waals surface area contributed by atoms with Gasteiger partial charge < -0.3 is 5.11 Å². The van der Waals surface area contributed by atoms with Crippen molar-refractivity contribution in [3.63, 3.8) is 0 Å². The zero-order valence-electron chi connectivity index (χ0n) is 6.71. The van der Waals surface area contributed by atoms with Gasteiger partial charge in [-0.1, -0.05) is 35.6 Å². The molecule has 0 bridgehead atoms. The fraction of sp³-hybridized carbons (Fsp3) is 0.200. The van der Waals surface area contributed by atoms with E-state index in [0.717, 1.165) is 5.56 Å². The molecule has 0 aliphatic heterocycles. The lowest BCUT2D eigenvalue weighted by Crippen LogP contribution is -1.92. The Morgan fingerprint density at radius 2 is 2.08 bits per heavy atom. The summed E-state index contributed by atoms with van der Waals surface area (Å²) in [6.07, 6.45) is -0.610. The molecule has 1 unspecified atom stereocenters. The average molecular weight is 181 g/mol. The van der Waals surface area contributed by atoms with E-state index in [1.54, 1.807) is 13.0 Å². The number of halogens is 1. The summed E-state index contributed by atoms with van der Waals surface area (Å²) in [5.74, 6) is 5.40. The molecule has 0 aliphatic carbocycles. The van der Waals surface area contributed by atoms with Crippen molar-refractivity contribution in [2.75, 3.05) is 0 Å². The minimum absolute atomic E-state index is 0.610. The van der Waals surface area contributed by atoms with Crippen molar-refractivity contribution in [1.82, 2.24) is 0 Å². The van der Waals surface area contributed by atoms with Crippen molar-refractivity contribution < 1.29 is 5.11 Å². The SMILES string of the molecule is CC(O)C#Cc1ccccc1Cl. The minimum Gasteiger partial charge on any atom is -0.381 e. The molecule has 2 heteroatoms. The summed E-state index contributed by atoms with van der Waals surface area (Å²) in [5.41, 5.74) is 0.750. The molecule has 1 rings (SSSR count). The molecule has 0 aromatic heterocycles. The molecular formula is C10H9ClO. The van der Waals surface area contributed by atoms with Crippen LogP contribution in [-0.4, -0.2) is 11.2 Å². The summed E-state index contributed by atoms with van der Waals surface area (Å²) in [4.78, 5) is 0. The molecule has 62 valence electrons. The lowest BCUT2D eigenvalue weighted by atomic mass is 10.2. The van der Waals surface area contributed by atoms with Crippen LogP contribution < -0.4 is 0 Å². The highest BCUT2D eigenvalue weighted by Crippen LogP contribution is 2.12. The Kier molecular flexibility index (Phi) is 3.16. The zero-order chi connectivity index (χ0) is 8.97. The Hall–Kier alpha value is -0.970. The van der Waals surface area contributed by atoms with Gasteiger partial charge in [0.25, 0.3) is 0 Å². The lowest BCUT2D eigenvalue weighted by molar-refractivity contribution is 0.253. The third kappa shape index (κ3) is 2.58. The summed E-state index contributed by atoms with van der Waals surface area (Å²) in [7, 11) is 0. The normalized spacial score (nSPS) is 11.6. The van der Waals surface area contributed by atoms with Crippen LogP contribution in [0.5, 0.6) is 0 Å². The molecule has 1 nitrogen and oxygen atoms in total. The fourth-order valence-corrected chi connectivity index (χ4v) is 0.928. The van der Waals surface area contributed by atoms with Gasteiger partial charge in [0, 0.05) is 5.56 Å². The molecule has 1 atom stereocenters. The molecule has 0 spiro atoms. The molecule has 0 aliphatic rings. The monoisotopic (exact) mass is 180 g/mol. The van der Waals surface area contributed by atoms with Crippen molar-refractivity contribution in [3.05, 3.63) is 34.9 Å². The quantitative estimate of drug-likeness (QED) is 0.606. The van der Waals surface area contributed by atoms with E-state index in [1.807, 2.05) is 18.2 Å². The summed E-state index contributed by atoms with van der Waals surface area (Å²) >= 11 is 5.82. The Morgan fingerprint density at radius 1 is 1.42 bits per heavy atom. The molecule has 0 radical (unpaired) electrons. The molecule has 1 N–H and O–H groups in total. The molecule has 0 saturated carbocycles. The predicted molar refractivity (Wildman–Crippen MR) is 50.0 cm³/mol. The number of rotatable bonds is 0. The summed E-state index contributed by atoms with van der Waals surface area (Å²) in [6, 6.07) is 7.29. The van der Waals surface area contributed by atoms with Crippen LogP contribution >= 0.6 is 11.6 Å². The second-order valence-corrected chi connectivity index (χ2v) is 2.83. The van der Waals surface area contributed by atoms with E-state index in [4.69, 9.17) is 16.7 Å². The second kappa shape index (κ2) is 4.15. The standard InChI is InChI=1S/C10H9ClO/c1-8(12)6-7-9-4-2-3-5-10(9)11/h2-5,8,12H,1H3. The van der Waals surface area contributed by atoms with Crippen molar-refractivity contribution in [2.24, 2.45) is 0 Å². The first-order valence-corrected chi connectivity index (χ1v) is 4.02. The minimum atomic E-state index is -0.610. The van der Waals surface area contributed by atoms with E-state index in [-0.39, 0.29) is 0 Å². The fourth-order valence-electron chi connectivity index (χ4n) is 0.745. The highest BCUT2D eigenvalue weighted by molar-refractivity contribution is 6.31. The van der Waals surface area contributed by atoms with Gasteiger partial charge in [0.15, 0.2) is 0 Å². The third-order valence-electron chi connectivity index (χ3n) is 1.29. The molecule has 0 saturated heterocycles. The number of aliphatic hydroxyl groups is 1. The maximum absolute atomic E-state index is 8.89. The van der Waals surface area contributed by atoms with E-state index in [0.29, 0.717) is 5.02 Å². The van der Waals surface area contributed by atoms with Crippen LogP contribution in [-0.2, 0) is 0 Å². The maximum atomic E-state index is 8.89. The van der Waals surface area contributed by atoms with Gasteiger partial charge in [0.05, 0.1) is 5.02 Å². The first-order chi connectivity index (χ1) is 5.70. The van der Waals surface area contributed by atoms with Gasteiger partial charge in [-0.2, -0.15) is 0 Å². The molecule has 12 heavy (non-hydrogen) atoms. The van der Waals surface area contributed by atoms with E-state index < -0.39 is 6.10 Å². The maximum Gasteiger partial charge on any atom is 0.112 e. The van der Waals surface area contributed by atoms with Gasteiger partial charge in [0.1, 0.15) is 6.10 Å². The van der Waals surface area contributed by atoms with E-state index >= 15 is 0 Å². The van der Waals surface area contributed by atoms with E-state index in [2.05, 4.69) is 11.8 Å². The Morgan fingerprint density at radius 3 is 2.67 bits per heavy atom. The lowest BCUT2D eigenvalue weighted by Gasteiger charge is -1.93. The number of benzene rings is 1. The van der Waals surface area contributed by atoms with Crippen LogP contribution in [0.3, 0.4) is 0 Å². The van der Waals surface area contributed by atoms with Gasteiger partial charge in [-0.05, 0) is 19.1 Å². The summed E-state index contributed by atoms with van der Waals surface area (Å²) in [5, 5.41) is 9.50. The molecule has 0 fully saturated rings. The van der Waals surface area contributed by atoms with E-state index in [9.17, 15) is 0 Å². The molecule has 1 aromatic rings. The van der Waals surface area contributed by atoms with Crippen LogP contribution in [0.25, 0.3) is 0 Å². The Balaban J connectivity index is 2.92. The first-order valence-electron chi connectivity index (χ1n) is 3.64. The highest BCUT2D eigenvalue weighted by atomic mass is 35.5. The summed E-state index contributed by atoms with van der Waals surface area (Å²) in [6.45, 7) is 1.61. The molecule has 0 heterocycles.